The van der Waals surface area contributed by atoms with Crippen LogP contribution in [0.2, 0.25) is 0 Å². The van der Waals surface area contributed by atoms with E-state index in [1.807, 2.05) is 24.0 Å². The molecule has 2 aromatic rings. The van der Waals surface area contributed by atoms with Gasteiger partial charge >= 0.3 is 0 Å². The van der Waals surface area contributed by atoms with Crippen LogP contribution in [0.5, 0.6) is 0 Å². The smallest absolute Gasteiger partial charge is 0.224 e. The predicted octanol–water partition coefficient (Wildman–Crippen LogP) is 3.14. The van der Waals surface area contributed by atoms with Gasteiger partial charge in [0.2, 0.25) is 5.91 Å². The minimum absolute atomic E-state index is 0.122. The van der Waals surface area contributed by atoms with Crippen LogP contribution < -0.4 is 5.32 Å². The highest BCUT2D eigenvalue weighted by molar-refractivity contribution is 7.99. The summed E-state index contributed by atoms with van der Waals surface area (Å²) in [5.41, 5.74) is 3.62. The van der Waals surface area contributed by atoms with Gasteiger partial charge in [0, 0.05) is 42.1 Å². The van der Waals surface area contributed by atoms with E-state index >= 15 is 0 Å². The maximum Gasteiger partial charge on any atom is 0.224 e. The predicted molar refractivity (Wildman–Crippen MR) is 89.7 cm³/mol. The Morgan fingerprint density at radius 3 is 3.18 bits per heavy atom. The van der Waals surface area contributed by atoms with Gasteiger partial charge in [0.05, 0.1) is 6.42 Å². The summed E-state index contributed by atoms with van der Waals surface area (Å²) >= 11 is 1.88. The molecule has 2 aromatic heterocycles. The van der Waals surface area contributed by atoms with Gasteiger partial charge in [0.15, 0.2) is 0 Å². The number of pyridine rings is 1. The number of nitrogens with one attached hydrogen (secondary N) is 1. The van der Waals surface area contributed by atoms with Crippen molar-refractivity contribution < 1.29 is 4.79 Å². The SMILES string of the molecule is CCCCNC(=O)Cc1ccn2c1CSC2c1cccnc1. The van der Waals surface area contributed by atoms with Crippen LogP contribution in [0.1, 0.15) is 42.0 Å². The fraction of sp³-hybridized carbons (Fsp3) is 0.412. The molecular formula is C17H21N3OS. The van der Waals surface area contributed by atoms with Crippen molar-refractivity contribution in [2.45, 2.75) is 37.3 Å². The van der Waals surface area contributed by atoms with Crippen molar-refractivity contribution in [3.63, 3.8) is 0 Å². The summed E-state index contributed by atoms with van der Waals surface area (Å²) in [5.74, 6) is 1.07. The van der Waals surface area contributed by atoms with Crippen molar-refractivity contribution in [3.8, 4) is 0 Å². The van der Waals surface area contributed by atoms with Gasteiger partial charge in [0.1, 0.15) is 5.37 Å². The minimum Gasteiger partial charge on any atom is -0.356 e. The number of aromatic nitrogens is 2. The molecule has 3 heterocycles. The summed E-state index contributed by atoms with van der Waals surface area (Å²) in [6.07, 6.45) is 8.44. The lowest BCUT2D eigenvalue weighted by Crippen LogP contribution is -2.26. The average Bonchev–Trinajstić information content (AvgIpc) is 3.11. The molecule has 22 heavy (non-hydrogen) atoms. The van der Waals surface area contributed by atoms with Gasteiger partial charge in [-0.1, -0.05) is 19.4 Å². The number of thioether (sulfide) groups is 1. The molecule has 0 aromatic carbocycles. The van der Waals surface area contributed by atoms with Gasteiger partial charge in [-0.15, -0.1) is 11.8 Å². The molecule has 0 saturated heterocycles. The minimum atomic E-state index is 0.122. The topological polar surface area (TPSA) is 46.9 Å². The van der Waals surface area contributed by atoms with E-state index in [9.17, 15) is 4.79 Å². The second-order valence-electron chi connectivity index (χ2n) is 5.52. The number of hydrogen-bond acceptors (Lipinski definition) is 3. The highest BCUT2D eigenvalue weighted by atomic mass is 32.2. The van der Waals surface area contributed by atoms with Crippen LogP contribution in [-0.2, 0) is 17.0 Å². The van der Waals surface area contributed by atoms with Crippen LogP contribution in [0, 0.1) is 0 Å². The summed E-state index contributed by atoms with van der Waals surface area (Å²) in [4.78, 5) is 16.2. The van der Waals surface area contributed by atoms with E-state index in [1.54, 1.807) is 6.20 Å². The van der Waals surface area contributed by atoms with E-state index in [2.05, 4.69) is 40.1 Å². The molecule has 1 amide bonds. The van der Waals surface area contributed by atoms with E-state index in [0.717, 1.165) is 30.7 Å². The Morgan fingerprint density at radius 2 is 2.41 bits per heavy atom. The Bertz CT molecular complexity index is 639. The fourth-order valence-corrected chi connectivity index (χ4v) is 4.07. The molecule has 5 heteroatoms. The van der Waals surface area contributed by atoms with Gasteiger partial charge in [-0.25, -0.2) is 0 Å². The van der Waals surface area contributed by atoms with Crippen molar-refractivity contribution in [3.05, 3.63) is 53.6 Å². The average molecular weight is 315 g/mol. The van der Waals surface area contributed by atoms with Gasteiger partial charge in [-0.2, -0.15) is 0 Å². The van der Waals surface area contributed by atoms with Gasteiger partial charge in [-0.3, -0.25) is 9.78 Å². The number of unbranched alkanes of at least 4 members (excludes halogenated alkanes) is 1. The lowest BCUT2D eigenvalue weighted by Gasteiger charge is -2.12. The number of amides is 1. The Labute approximate surface area is 135 Å². The van der Waals surface area contributed by atoms with Crippen molar-refractivity contribution in [2.24, 2.45) is 0 Å². The first kappa shape index (κ1) is 15.2. The third-order valence-electron chi connectivity index (χ3n) is 3.92. The third kappa shape index (κ3) is 3.19. The zero-order valence-corrected chi connectivity index (χ0v) is 13.6. The number of carbonyl (C=O) groups excluding carboxylic acids is 1. The van der Waals surface area contributed by atoms with E-state index in [4.69, 9.17) is 0 Å². The van der Waals surface area contributed by atoms with Crippen molar-refractivity contribution in [2.75, 3.05) is 6.54 Å². The highest BCUT2D eigenvalue weighted by Crippen LogP contribution is 2.41. The molecule has 3 rings (SSSR count). The van der Waals surface area contributed by atoms with Gasteiger partial charge in [-0.05, 0) is 24.1 Å². The van der Waals surface area contributed by atoms with Crippen molar-refractivity contribution >= 4 is 17.7 Å². The highest BCUT2D eigenvalue weighted by Gasteiger charge is 2.26. The second-order valence-corrected chi connectivity index (χ2v) is 6.59. The molecule has 1 N–H and O–H groups in total. The van der Waals surface area contributed by atoms with Gasteiger partial charge in [0.25, 0.3) is 0 Å². The zero-order valence-electron chi connectivity index (χ0n) is 12.8. The number of hydrogen-bond donors (Lipinski definition) is 1. The first-order valence-corrected chi connectivity index (χ1v) is 8.81. The second kappa shape index (κ2) is 7.01. The molecule has 1 atom stereocenters. The molecule has 0 radical (unpaired) electrons. The van der Waals surface area contributed by atoms with E-state index < -0.39 is 0 Å². The molecule has 4 nitrogen and oxygen atoms in total. The summed E-state index contributed by atoms with van der Waals surface area (Å²) in [5, 5.41) is 3.27. The first-order valence-electron chi connectivity index (χ1n) is 7.76. The quantitative estimate of drug-likeness (QED) is 0.833. The maximum atomic E-state index is 12.0. The number of fused-ring (bicyclic) bond motifs is 1. The van der Waals surface area contributed by atoms with Crippen LogP contribution in [0.25, 0.3) is 0 Å². The molecule has 1 aliphatic rings. The Balaban J connectivity index is 1.69. The van der Waals surface area contributed by atoms with Crippen LogP contribution in [-0.4, -0.2) is 22.0 Å². The monoisotopic (exact) mass is 315 g/mol. The molecule has 1 unspecified atom stereocenters. The Morgan fingerprint density at radius 1 is 1.50 bits per heavy atom. The standard InChI is InChI=1S/C17H21N3OS/c1-2-3-8-19-16(21)10-13-6-9-20-15(13)12-22-17(20)14-5-4-7-18-11-14/h4-7,9,11,17H,2-3,8,10,12H2,1H3,(H,19,21). The molecule has 0 fully saturated rings. The largest absolute Gasteiger partial charge is 0.356 e. The normalized spacial score (nSPS) is 16.5. The molecular weight excluding hydrogens is 294 g/mol. The number of carbonyl (C=O) groups is 1. The van der Waals surface area contributed by atoms with E-state index in [0.29, 0.717) is 6.42 Å². The number of nitrogens with zero attached hydrogens (tertiary/aromatic N) is 2. The lowest BCUT2D eigenvalue weighted by molar-refractivity contribution is -0.120. The summed E-state index contributed by atoms with van der Waals surface area (Å²) in [6.45, 7) is 2.90. The molecule has 0 bridgehead atoms. The molecule has 0 spiro atoms. The fourth-order valence-electron chi connectivity index (χ4n) is 2.73. The summed E-state index contributed by atoms with van der Waals surface area (Å²) in [6, 6.07) is 6.16. The molecule has 1 aliphatic heterocycles. The lowest BCUT2D eigenvalue weighted by atomic mass is 10.1. The van der Waals surface area contributed by atoms with Crippen LogP contribution >= 0.6 is 11.8 Å². The van der Waals surface area contributed by atoms with Crippen molar-refractivity contribution in [1.29, 1.82) is 0 Å². The Kier molecular flexibility index (Phi) is 4.83. The molecule has 116 valence electrons. The van der Waals surface area contributed by atoms with E-state index in [-0.39, 0.29) is 11.3 Å². The third-order valence-corrected chi connectivity index (χ3v) is 5.18. The van der Waals surface area contributed by atoms with Crippen LogP contribution in [0.15, 0.2) is 36.8 Å². The van der Waals surface area contributed by atoms with Gasteiger partial charge < -0.3 is 9.88 Å². The first-order chi connectivity index (χ1) is 10.8. The maximum absolute atomic E-state index is 12.0. The zero-order chi connectivity index (χ0) is 15.4. The molecule has 0 aliphatic carbocycles. The number of rotatable bonds is 6. The van der Waals surface area contributed by atoms with Crippen LogP contribution in [0.4, 0.5) is 0 Å². The Hall–Kier alpha value is -1.75. The molecule has 0 saturated carbocycles. The van der Waals surface area contributed by atoms with Crippen LogP contribution in [0.3, 0.4) is 0 Å². The summed E-state index contributed by atoms with van der Waals surface area (Å²) < 4.78 is 2.27. The van der Waals surface area contributed by atoms with Crippen molar-refractivity contribution in [1.82, 2.24) is 14.9 Å². The van der Waals surface area contributed by atoms with E-state index in [1.165, 1.54) is 11.3 Å². The summed E-state index contributed by atoms with van der Waals surface area (Å²) in [7, 11) is 0.